The third kappa shape index (κ3) is 6.12. The van der Waals surface area contributed by atoms with Gasteiger partial charge in [-0.1, -0.05) is 13.8 Å². The number of ether oxygens (including phenoxy) is 1. The van der Waals surface area contributed by atoms with Crippen molar-refractivity contribution in [2.24, 2.45) is 11.3 Å². The second kappa shape index (κ2) is 8.70. The molecule has 1 aromatic heterocycles. The Balaban J connectivity index is 1.90. The number of nitrogens with zero attached hydrogens (tertiary/aromatic N) is 1. The van der Waals surface area contributed by atoms with Crippen molar-refractivity contribution in [1.82, 2.24) is 10.2 Å². The molecule has 4 nitrogen and oxygen atoms in total. The molecule has 144 valence electrons. The van der Waals surface area contributed by atoms with Crippen LogP contribution >= 0.6 is 0 Å². The van der Waals surface area contributed by atoms with E-state index in [-0.39, 0.29) is 5.60 Å². The average molecular weight is 351 g/mol. The maximum Gasteiger partial charge on any atom is 0.107 e. The highest BCUT2D eigenvalue weighted by Gasteiger charge is 2.40. The second-order valence-corrected chi connectivity index (χ2v) is 9.10. The number of hydrogen-bond donors (Lipinski definition) is 1. The number of nitrogens with one attached hydrogen (secondary N) is 1. The van der Waals surface area contributed by atoms with E-state index in [1.54, 1.807) is 6.26 Å². The summed E-state index contributed by atoms with van der Waals surface area (Å²) in [5.74, 6) is 2.19. The highest BCUT2D eigenvalue weighted by Crippen LogP contribution is 2.39. The first-order chi connectivity index (χ1) is 11.7. The number of rotatable bonds is 9. The first kappa shape index (κ1) is 20.5. The number of hydrogen-bond acceptors (Lipinski definition) is 4. The topological polar surface area (TPSA) is 37.6 Å². The molecule has 1 saturated heterocycles. The Labute approximate surface area is 154 Å². The van der Waals surface area contributed by atoms with Crippen molar-refractivity contribution in [2.75, 3.05) is 40.3 Å². The summed E-state index contributed by atoms with van der Waals surface area (Å²) in [4.78, 5) is 2.32. The number of furan rings is 1. The van der Waals surface area contributed by atoms with Gasteiger partial charge in [0.25, 0.3) is 0 Å². The molecule has 0 radical (unpaired) electrons. The van der Waals surface area contributed by atoms with Crippen LogP contribution < -0.4 is 5.32 Å². The van der Waals surface area contributed by atoms with Crippen molar-refractivity contribution in [3.63, 3.8) is 0 Å². The summed E-state index contributed by atoms with van der Waals surface area (Å²) in [6.45, 7) is 13.1. The summed E-state index contributed by atoms with van der Waals surface area (Å²) in [5, 5.41) is 3.76. The van der Waals surface area contributed by atoms with Crippen LogP contribution in [0, 0.1) is 11.3 Å². The normalized spacial score (nSPS) is 24.8. The van der Waals surface area contributed by atoms with Crippen LogP contribution in [0.15, 0.2) is 22.8 Å². The van der Waals surface area contributed by atoms with E-state index in [4.69, 9.17) is 9.15 Å². The van der Waals surface area contributed by atoms with Crippen molar-refractivity contribution < 1.29 is 9.15 Å². The second-order valence-electron chi connectivity index (χ2n) is 9.10. The fraction of sp³-hybridized carbons (Fsp3) is 0.810. The Hall–Kier alpha value is -0.840. The molecule has 1 fully saturated rings. The van der Waals surface area contributed by atoms with Crippen LogP contribution in [0.2, 0.25) is 0 Å². The molecule has 0 bridgehead atoms. The van der Waals surface area contributed by atoms with Crippen LogP contribution in [0.3, 0.4) is 0 Å². The molecule has 1 aliphatic rings. The van der Waals surface area contributed by atoms with Crippen molar-refractivity contribution >= 4 is 0 Å². The predicted molar refractivity (Wildman–Crippen MR) is 104 cm³/mol. The quantitative estimate of drug-likeness (QED) is 0.679. The standard InChI is InChI=1S/C21H38N2O2/c1-17(2)18(19-8-7-12-24-19)9-11-22-15-21(16-23(5)6)10-13-25-20(3,4)14-21/h7-8,12,17-18,22H,9-11,13-16H2,1-6H3/t18-,21+/m1/s1. The van der Waals surface area contributed by atoms with Gasteiger partial charge < -0.3 is 19.4 Å². The molecule has 4 heteroatoms. The SMILES string of the molecule is CC(C)[C@@H](CCNC[C@]1(CN(C)C)CCOC(C)(C)C1)c1ccco1. The average Bonchev–Trinajstić information content (AvgIpc) is 2.98. The molecule has 1 N–H and O–H groups in total. The van der Waals surface area contributed by atoms with Crippen LogP contribution in [0.5, 0.6) is 0 Å². The van der Waals surface area contributed by atoms with Crippen molar-refractivity contribution in [3.05, 3.63) is 24.2 Å². The van der Waals surface area contributed by atoms with Gasteiger partial charge in [-0.2, -0.15) is 0 Å². The monoisotopic (exact) mass is 350 g/mol. The maximum absolute atomic E-state index is 5.97. The molecule has 2 heterocycles. The van der Waals surface area contributed by atoms with Gasteiger partial charge in [-0.05, 0) is 71.8 Å². The molecule has 0 saturated carbocycles. The summed E-state index contributed by atoms with van der Waals surface area (Å²) in [6.07, 6.45) is 5.14. The molecule has 0 amide bonds. The maximum atomic E-state index is 5.97. The van der Waals surface area contributed by atoms with E-state index in [9.17, 15) is 0 Å². The van der Waals surface area contributed by atoms with Crippen LogP contribution in [0.1, 0.15) is 58.6 Å². The molecule has 0 unspecified atom stereocenters. The van der Waals surface area contributed by atoms with E-state index in [2.05, 4.69) is 58.1 Å². The molecular formula is C21H38N2O2. The molecule has 25 heavy (non-hydrogen) atoms. The van der Waals surface area contributed by atoms with E-state index in [1.165, 1.54) is 0 Å². The van der Waals surface area contributed by atoms with E-state index in [0.29, 0.717) is 17.3 Å². The molecule has 0 spiro atoms. The van der Waals surface area contributed by atoms with Crippen molar-refractivity contribution in [1.29, 1.82) is 0 Å². The van der Waals surface area contributed by atoms with Gasteiger partial charge in [0, 0.05) is 31.0 Å². The lowest BCUT2D eigenvalue weighted by atomic mass is 9.73. The van der Waals surface area contributed by atoms with Gasteiger partial charge >= 0.3 is 0 Å². The van der Waals surface area contributed by atoms with E-state index >= 15 is 0 Å². The molecule has 0 aliphatic carbocycles. The van der Waals surface area contributed by atoms with E-state index in [0.717, 1.165) is 51.3 Å². The minimum atomic E-state index is -0.0232. The van der Waals surface area contributed by atoms with Gasteiger partial charge in [0.1, 0.15) is 5.76 Å². The minimum Gasteiger partial charge on any atom is -0.469 e. The van der Waals surface area contributed by atoms with Gasteiger partial charge in [0.05, 0.1) is 11.9 Å². The Morgan fingerprint density at radius 3 is 2.60 bits per heavy atom. The highest BCUT2D eigenvalue weighted by molar-refractivity contribution is 5.06. The summed E-state index contributed by atoms with van der Waals surface area (Å²) >= 11 is 0. The zero-order valence-corrected chi connectivity index (χ0v) is 17.1. The van der Waals surface area contributed by atoms with Crippen LogP contribution in [-0.4, -0.2) is 50.8 Å². The lowest BCUT2D eigenvalue weighted by Crippen LogP contribution is -2.51. The van der Waals surface area contributed by atoms with Crippen LogP contribution in [-0.2, 0) is 4.74 Å². The van der Waals surface area contributed by atoms with Crippen molar-refractivity contribution in [3.8, 4) is 0 Å². The Morgan fingerprint density at radius 1 is 1.28 bits per heavy atom. The van der Waals surface area contributed by atoms with Gasteiger partial charge in [-0.15, -0.1) is 0 Å². The minimum absolute atomic E-state index is 0.0232. The smallest absolute Gasteiger partial charge is 0.107 e. The summed E-state index contributed by atoms with van der Waals surface area (Å²) in [6, 6.07) is 4.10. The van der Waals surface area contributed by atoms with Crippen LogP contribution in [0.25, 0.3) is 0 Å². The molecular weight excluding hydrogens is 312 g/mol. The Bertz CT molecular complexity index is 496. The third-order valence-corrected chi connectivity index (χ3v) is 5.42. The Kier molecular flexibility index (Phi) is 7.12. The molecule has 0 aromatic carbocycles. The van der Waals surface area contributed by atoms with Gasteiger partial charge in [-0.25, -0.2) is 0 Å². The Morgan fingerprint density at radius 2 is 2.04 bits per heavy atom. The molecule has 1 aliphatic heterocycles. The fourth-order valence-corrected chi connectivity index (χ4v) is 4.52. The zero-order chi connectivity index (χ0) is 18.5. The van der Waals surface area contributed by atoms with Crippen LogP contribution in [0.4, 0.5) is 0 Å². The highest BCUT2D eigenvalue weighted by atomic mass is 16.5. The molecule has 2 rings (SSSR count). The summed E-state index contributed by atoms with van der Waals surface area (Å²) in [5.41, 5.74) is 0.272. The van der Waals surface area contributed by atoms with Gasteiger partial charge in [0.2, 0.25) is 0 Å². The van der Waals surface area contributed by atoms with Gasteiger partial charge in [-0.3, -0.25) is 0 Å². The predicted octanol–water partition coefficient (Wildman–Crippen LogP) is 4.14. The third-order valence-electron chi connectivity index (χ3n) is 5.42. The van der Waals surface area contributed by atoms with E-state index < -0.39 is 0 Å². The largest absolute Gasteiger partial charge is 0.469 e. The van der Waals surface area contributed by atoms with E-state index in [1.807, 2.05) is 6.07 Å². The first-order valence-corrected chi connectivity index (χ1v) is 9.76. The van der Waals surface area contributed by atoms with Gasteiger partial charge in [0.15, 0.2) is 0 Å². The van der Waals surface area contributed by atoms with Crippen molar-refractivity contribution in [2.45, 2.75) is 58.5 Å². The fourth-order valence-electron chi connectivity index (χ4n) is 4.52. The first-order valence-electron chi connectivity index (χ1n) is 9.76. The zero-order valence-electron chi connectivity index (χ0n) is 17.1. The lowest BCUT2D eigenvalue weighted by Gasteiger charge is -2.46. The summed E-state index contributed by atoms with van der Waals surface area (Å²) < 4.78 is 11.6. The molecule has 1 aromatic rings. The lowest BCUT2D eigenvalue weighted by molar-refractivity contribution is -0.109. The molecule has 2 atom stereocenters. The summed E-state index contributed by atoms with van der Waals surface area (Å²) in [7, 11) is 4.35.